The van der Waals surface area contributed by atoms with E-state index in [-0.39, 0.29) is 51.9 Å². The van der Waals surface area contributed by atoms with Gasteiger partial charge in [-0.05, 0) is 25.0 Å². The largest absolute Gasteiger partial charge is 0.477 e. The molecule has 0 fully saturated rings. The summed E-state index contributed by atoms with van der Waals surface area (Å²) in [5, 5.41) is 78.3. The Kier molecular flexibility index (Phi) is 22.7. The molecule has 18 N–H and O–H groups in total. The summed E-state index contributed by atoms with van der Waals surface area (Å²) in [6.07, 6.45) is -11.5. The van der Waals surface area contributed by atoms with Crippen LogP contribution in [0.25, 0.3) is 0 Å². The van der Waals surface area contributed by atoms with Gasteiger partial charge >= 0.3 is 36.2 Å². The van der Waals surface area contributed by atoms with Gasteiger partial charge in [0.05, 0.1) is 37.4 Å². The molecule has 0 aliphatic carbocycles. The highest BCUT2D eigenvalue weighted by Crippen LogP contribution is 2.27. The predicted octanol–water partition coefficient (Wildman–Crippen LogP) is -6.51. The fraction of sp³-hybridized carbons (Fsp3) is 0.611. The summed E-state index contributed by atoms with van der Waals surface area (Å²) in [4.78, 5) is 121. The van der Waals surface area contributed by atoms with Crippen LogP contribution in [0, 0.1) is 0 Å². The molecular weight excluding hydrogens is 892 g/mol. The molecule has 0 saturated heterocycles. The van der Waals surface area contributed by atoms with Gasteiger partial charge in [0.25, 0.3) is 0 Å². The van der Waals surface area contributed by atoms with Gasteiger partial charge in [0, 0.05) is 52.9 Å². The first-order chi connectivity index (χ1) is 31.1. The summed E-state index contributed by atoms with van der Waals surface area (Å²) in [5.74, 6) is -7.18. The number of carboxylic acids is 2. The fourth-order valence-electron chi connectivity index (χ4n) is 6.34. The maximum atomic E-state index is 12.7. The molecule has 2 aliphatic rings. The van der Waals surface area contributed by atoms with E-state index in [0.717, 1.165) is 26.0 Å². The van der Waals surface area contributed by atoms with E-state index in [4.69, 9.17) is 30.4 Å². The number of hydrogen-bond acceptors (Lipinski definition) is 18. The fourth-order valence-corrected chi connectivity index (χ4v) is 6.34. The van der Waals surface area contributed by atoms with E-state index in [0.29, 0.717) is 0 Å². The number of amides is 10. The van der Waals surface area contributed by atoms with Gasteiger partial charge in [-0.25, -0.2) is 28.8 Å². The number of rotatable bonds is 25. The Morgan fingerprint density at radius 2 is 0.924 bits per heavy atom. The van der Waals surface area contributed by atoms with Crippen molar-refractivity contribution in [2.45, 2.75) is 100 Å². The number of carbonyl (C=O) groups excluding carboxylic acids is 8. The normalized spacial score (nSPS) is 21.6. The number of carbonyl (C=O) groups is 10. The summed E-state index contributed by atoms with van der Waals surface area (Å²) in [6, 6.07) is -7.57. The molecule has 10 atom stereocenters. The zero-order valence-corrected chi connectivity index (χ0v) is 35.6. The number of nitrogens with one attached hydrogen (secondary N) is 8. The zero-order valence-electron chi connectivity index (χ0n) is 35.6. The van der Waals surface area contributed by atoms with E-state index in [1.165, 1.54) is 0 Å². The van der Waals surface area contributed by atoms with E-state index >= 15 is 0 Å². The highest BCUT2D eigenvalue weighted by atomic mass is 16.6. The van der Waals surface area contributed by atoms with Crippen molar-refractivity contribution in [1.29, 1.82) is 0 Å². The van der Waals surface area contributed by atoms with E-state index in [2.05, 4.69) is 42.5 Å². The Balaban J connectivity index is 1.81. The van der Waals surface area contributed by atoms with Crippen LogP contribution in [0.2, 0.25) is 0 Å². The average molecular weight is 949 g/mol. The smallest absolute Gasteiger partial charge is 0.407 e. The Bertz CT molecular complexity index is 1710. The maximum Gasteiger partial charge on any atom is 0.407 e. The van der Waals surface area contributed by atoms with Crippen molar-refractivity contribution in [3.05, 3.63) is 23.7 Å². The highest BCUT2D eigenvalue weighted by Gasteiger charge is 2.48. The molecule has 0 aromatic heterocycles. The Morgan fingerprint density at radius 3 is 1.21 bits per heavy atom. The van der Waals surface area contributed by atoms with Gasteiger partial charge in [0.2, 0.25) is 35.1 Å². The van der Waals surface area contributed by atoms with Gasteiger partial charge in [0.15, 0.2) is 24.4 Å². The van der Waals surface area contributed by atoms with Crippen LogP contribution in [0.3, 0.4) is 0 Å². The van der Waals surface area contributed by atoms with Gasteiger partial charge in [-0.1, -0.05) is 0 Å². The topological polar surface area (TPSA) is 477 Å². The molecule has 30 nitrogen and oxygen atoms in total. The first-order valence-corrected chi connectivity index (χ1v) is 20.0. The molecule has 2 heterocycles. The van der Waals surface area contributed by atoms with Gasteiger partial charge in [-0.15, -0.1) is 0 Å². The standard InChI is InChI=1S/C36H56N10O20/c1-15(49)43-25-17(45-33(37)59)11-21(31(55)56)63-29(25)27(19(51)13-47)65-35(61)41-9-3-7-39-23(53)5-6-24(54)40-8-4-10-42-36(62)66-28(20(52)14-48)30-26(44-16(2)50)18(46-34(38)60)12-22(64-30)32(57)58/h11-12,17-20,25-30,47-48,51-52H,3-10,13-14H2,1-2H3,(H,39,53)(H,40,54)(H,41,61)(H,42,62)(H,43,49)(H,44,50)(H,55,56)(H,57,58)(H3,37,45,59)(H3,38,46,60)/t17-,18-,19+,20+,25+,26+,27+,28+,29?,30?/m0/s1. The molecule has 10 amide bonds. The molecule has 0 spiro atoms. The third-order valence-corrected chi connectivity index (χ3v) is 9.18. The predicted molar refractivity (Wildman–Crippen MR) is 217 cm³/mol. The van der Waals surface area contributed by atoms with Crippen LogP contribution in [0.4, 0.5) is 19.2 Å². The summed E-state index contributed by atoms with van der Waals surface area (Å²) in [7, 11) is 0. The molecule has 30 heteroatoms. The maximum absolute atomic E-state index is 12.7. The number of aliphatic hydroxyl groups is 4. The second-order valence-corrected chi connectivity index (χ2v) is 14.4. The average Bonchev–Trinajstić information content (AvgIpc) is 3.23. The van der Waals surface area contributed by atoms with Crippen LogP contribution in [0.1, 0.15) is 39.5 Å². The summed E-state index contributed by atoms with van der Waals surface area (Å²) in [6.45, 7) is -0.0799. The van der Waals surface area contributed by atoms with Gasteiger partial charge in [-0.2, -0.15) is 0 Å². The van der Waals surface area contributed by atoms with E-state index in [1.54, 1.807) is 0 Å². The quantitative estimate of drug-likeness (QED) is 0.0378. The van der Waals surface area contributed by atoms with Crippen molar-refractivity contribution < 1.29 is 97.5 Å². The SMILES string of the molecule is CC(=O)N[C@H]1C([C@H](OC(=O)NCCCNC(=O)CCC(=O)NCCCNC(=O)O[C@@H](C2OC(C(=O)O)=C[C@H](NC(N)=O)[C@H]2NC(C)=O)[C@H](O)CO)[C@H](O)CO)OC(C(=O)O)=C[C@@H]1NC(N)=O. The molecule has 66 heavy (non-hydrogen) atoms. The zero-order chi connectivity index (χ0) is 49.7. The van der Waals surface area contributed by atoms with Crippen LogP contribution < -0.4 is 54.0 Å². The second kappa shape index (κ2) is 27.2. The first-order valence-electron chi connectivity index (χ1n) is 20.0. The molecule has 2 unspecified atom stereocenters. The number of nitrogens with two attached hydrogens (primary N) is 2. The van der Waals surface area contributed by atoms with Crippen LogP contribution in [-0.4, -0.2) is 191 Å². The lowest BCUT2D eigenvalue weighted by Gasteiger charge is -2.41. The van der Waals surface area contributed by atoms with E-state index < -0.39 is 145 Å². The van der Waals surface area contributed by atoms with Crippen molar-refractivity contribution in [2.75, 3.05) is 39.4 Å². The Morgan fingerprint density at radius 1 is 0.591 bits per heavy atom. The van der Waals surface area contributed by atoms with Crippen molar-refractivity contribution in [3.63, 3.8) is 0 Å². The molecule has 370 valence electrons. The number of ether oxygens (including phenoxy) is 4. The third-order valence-electron chi connectivity index (χ3n) is 9.18. The number of urea groups is 2. The summed E-state index contributed by atoms with van der Waals surface area (Å²) in [5.41, 5.74) is 10.4. The van der Waals surface area contributed by atoms with E-state index in [1.807, 2.05) is 0 Å². The lowest BCUT2D eigenvalue weighted by atomic mass is 9.92. The number of alkyl carbamates (subject to hydrolysis) is 2. The minimum Gasteiger partial charge on any atom is -0.477 e. The van der Waals surface area contributed by atoms with Crippen molar-refractivity contribution >= 4 is 59.8 Å². The van der Waals surface area contributed by atoms with Gasteiger partial charge < -0.3 is 104 Å². The van der Waals surface area contributed by atoms with E-state index in [9.17, 15) is 78.6 Å². The van der Waals surface area contributed by atoms with Crippen LogP contribution in [-0.2, 0) is 47.7 Å². The summed E-state index contributed by atoms with van der Waals surface area (Å²) >= 11 is 0. The lowest BCUT2D eigenvalue weighted by molar-refractivity contribution is -0.147. The first kappa shape index (κ1) is 55.0. The minimum absolute atomic E-state index is 0.00793. The molecule has 0 saturated carbocycles. The van der Waals surface area contributed by atoms with Gasteiger partial charge in [-0.3, -0.25) is 19.2 Å². The van der Waals surface area contributed by atoms with Gasteiger partial charge in [0.1, 0.15) is 12.2 Å². The molecule has 0 bridgehead atoms. The molecular formula is C36H56N10O20. The lowest BCUT2D eigenvalue weighted by Crippen LogP contribution is -2.64. The van der Waals surface area contributed by atoms with Crippen LogP contribution in [0.15, 0.2) is 23.7 Å². The molecule has 0 aromatic rings. The molecule has 0 radical (unpaired) electrons. The summed E-state index contributed by atoms with van der Waals surface area (Å²) < 4.78 is 21.3. The monoisotopic (exact) mass is 948 g/mol. The Labute approximate surface area is 374 Å². The number of primary amides is 2. The minimum atomic E-state index is -1.88. The molecule has 2 rings (SSSR count). The number of aliphatic hydroxyl groups excluding tert-OH is 4. The van der Waals surface area contributed by atoms with Crippen LogP contribution in [0.5, 0.6) is 0 Å². The van der Waals surface area contributed by atoms with Crippen molar-refractivity contribution in [3.8, 4) is 0 Å². The van der Waals surface area contributed by atoms with Crippen molar-refractivity contribution in [1.82, 2.24) is 42.5 Å². The molecule has 2 aliphatic heterocycles. The highest BCUT2D eigenvalue weighted by molar-refractivity contribution is 5.86. The number of hydrogen-bond donors (Lipinski definition) is 16. The van der Waals surface area contributed by atoms with Crippen molar-refractivity contribution in [2.24, 2.45) is 11.5 Å². The Hall–Kier alpha value is -7.18. The van der Waals surface area contributed by atoms with Crippen LogP contribution >= 0.6 is 0 Å². The second-order valence-electron chi connectivity index (χ2n) is 14.4. The number of aliphatic carboxylic acids is 2. The molecule has 0 aromatic carbocycles. The third kappa shape index (κ3) is 18.5. The number of carboxylic acid groups (broad SMARTS) is 2.